The summed E-state index contributed by atoms with van der Waals surface area (Å²) in [5.41, 5.74) is 1.49. The molecule has 0 fully saturated rings. The third-order valence-electron chi connectivity index (χ3n) is 3.20. The van der Waals surface area contributed by atoms with Gasteiger partial charge in [-0.05, 0) is 42.3 Å². The van der Waals surface area contributed by atoms with Gasteiger partial charge in [0.15, 0.2) is 0 Å². The fourth-order valence-corrected chi connectivity index (χ4v) is 2.24. The lowest BCUT2D eigenvalue weighted by Gasteiger charge is -2.12. The van der Waals surface area contributed by atoms with Gasteiger partial charge in [-0.1, -0.05) is 41.9 Å². The summed E-state index contributed by atoms with van der Waals surface area (Å²) in [7, 11) is 0. The molecule has 2 amide bonds. The maximum Gasteiger partial charge on any atom is 0.255 e. The Labute approximate surface area is 144 Å². The molecular weight excluding hydrogens is 356 g/mol. The first-order valence-electron chi connectivity index (χ1n) is 7.41. The van der Waals surface area contributed by atoms with Crippen LogP contribution < -0.4 is 10.6 Å². The minimum absolute atomic E-state index is 0.189. The summed E-state index contributed by atoms with van der Waals surface area (Å²) in [6, 6.07) is 14.0. The minimum atomic E-state index is -0.249. The molecule has 0 bridgehead atoms. The number of hydrogen-bond donors (Lipinski definition) is 2. The molecule has 0 aliphatic heterocycles. The number of anilines is 1. The van der Waals surface area contributed by atoms with E-state index in [1.165, 1.54) is 0 Å². The van der Waals surface area contributed by atoms with Crippen LogP contribution in [0, 0.1) is 5.92 Å². The fraction of sp³-hybridized carbons (Fsp3) is 0.222. The van der Waals surface area contributed by atoms with Crippen LogP contribution in [-0.4, -0.2) is 18.4 Å². The Kier molecular flexibility index (Phi) is 5.93. The number of nitrogens with one attached hydrogen (secondary N) is 2. The normalized spacial score (nSPS) is 10.4. The second kappa shape index (κ2) is 7.92. The van der Waals surface area contributed by atoms with Gasteiger partial charge in [-0.3, -0.25) is 9.59 Å². The highest BCUT2D eigenvalue weighted by atomic mass is 79.9. The highest BCUT2D eigenvalue weighted by molar-refractivity contribution is 9.10. The molecule has 2 N–H and O–H groups in total. The molecule has 4 nitrogen and oxygen atoms in total. The smallest absolute Gasteiger partial charge is 0.255 e. The molecule has 2 rings (SSSR count). The zero-order valence-corrected chi connectivity index (χ0v) is 14.7. The van der Waals surface area contributed by atoms with E-state index in [9.17, 15) is 9.59 Å². The van der Waals surface area contributed by atoms with E-state index in [-0.39, 0.29) is 11.8 Å². The van der Waals surface area contributed by atoms with E-state index in [2.05, 4.69) is 26.6 Å². The molecule has 0 unspecified atom stereocenters. The van der Waals surface area contributed by atoms with E-state index in [0.29, 0.717) is 29.3 Å². The summed E-state index contributed by atoms with van der Waals surface area (Å²) in [6.45, 7) is 4.65. The van der Waals surface area contributed by atoms with E-state index < -0.39 is 0 Å². The predicted octanol–water partition coefficient (Wildman–Crippen LogP) is 4.09. The minimum Gasteiger partial charge on any atom is -0.352 e. The number of carbonyl (C=O) groups excluding carboxylic acids is 2. The van der Waals surface area contributed by atoms with Gasteiger partial charge >= 0.3 is 0 Å². The summed E-state index contributed by atoms with van der Waals surface area (Å²) in [5, 5.41) is 5.66. The van der Waals surface area contributed by atoms with Crippen LogP contribution >= 0.6 is 15.9 Å². The Morgan fingerprint density at radius 2 is 1.65 bits per heavy atom. The van der Waals surface area contributed by atoms with E-state index in [4.69, 9.17) is 0 Å². The third-order valence-corrected chi connectivity index (χ3v) is 3.73. The van der Waals surface area contributed by atoms with Crippen molar-refractivity contribution in [1.29, 1.82) is 0 Å². The lowest BCUT2D eigenvalue weighted by atomic mass is 10.1. The molecule has 23 heavy (non-hydrogen) atoms. The summed E-state index contributed by atoms with van der Waals surface area (Å²) in [4.78, 5) is 24.6. The highest BCUT2D eigenvalue weighted by Crippen LogP contribution is 2.17. The zero-order valence-electron chi connectivity index (χ0n) is 13.1. The maximum atomic E-state index is 12.3. The summed E-state index contributed by atoms with van der Waals surface area (Å²) in [6.07, 6.45) is 0. The first-order valence-corrected chi connectivity index (χ1v) is 8.21. The molecule has 0 saturated heterocycles. The summed E-state index contributed by atoms with van der Waals surface area (Å²) < 4.78 is 0.905. The Hall–Kier alpha value is -2.14. The van der Waals surface area contributed by atoms with Gasteiger partial charge in [0, 0.05) is 16.6 Å². The fourth-order valence-electron chi connectivity index (χ4n) is 1.98. The number of amides is 2. The van der Waals surface area contributed by atoms with Gasteiger partial charge in [-0.25, -0.2) is 0 Å². The van der Waals surface area contributed by atoms with Crippen LogP contribution in [0.15, 0.2) is 53.0 Å². The number of benzene rings is 2. The van der Waals surface area contributed by atoms with Crippen LogP contribution in [0.1, 0.15) is 34.6 Å². The number of para-hydroxylation sites is 1. The van der Waals surface area contributed by atoms with Crippen LogP contribution in [0.4, 0.5) is 5.69 Å². The topological polar surface area (TPSA) is 58.2 Å². The van der Waals surface area contributed by atoms with Gasteiger partial charge in [0.25, 0.3) is 11.8 Å². The van der Waals surface area contributed by atoms with Gasteiger partial charge in [-0.2, -0.15) is 0 Å². The average molecular weight is 375 g/mol. The van der Waals surface area contributed by atoms with Gasteiger partial charge in [0.1, 0.15) is 0 Å². The van der Waals surface area contributed by atoms with Crippen LogP contribution in [-0.2, 0) is 0 Å². The van der Waals surface area contributed by atoms with Crippen molar-refractivity contribution in [2.45, 2.75) is 13.8 Å². The number of hydrogen-bond acceptors (Lipinski definition) is 2. The molecule has 0 radical (unpaired) electrons. The van der Waals surface area contributed by atoms with Gasteiger partial charge in [0.05, 0.1) is 11.3 Å². The largest absolute Gasteiger partial charge is 0.352 e. The maximum absolute atomic E-state index is 12.3. The van der Waals surface area contributed by atoms with Crippen LogP contribution in [0.5, 0.6) is 0 Å². The van der Waals surface area contributed by atoms with Gasteiger partial charge in [-0.15, -0.1) is 0 Å². The number of carbonyl (C=O) groups is 2. The molecule has 0 aliphatic rings. The third kappa shape index (κ3) is 4.93. The molecule has 5 heteroatoms. The number of halogens is 1. The van der Waals surface area contributed by atoms with Crippen molar-refractivity contribution in [3.8, 4) is 0 Å². The van der Waals surface area contributed by atoms with Crippen molar-refractivity contribution < 1.29 is 9.59 Å². The monoisotopic (exact) mass is 374 g/mol. The zero-order chi connectivity index (χ0) is 16.8. The standard InChI is InChI=1S/C18H19BrN2O2/c1-12(2)11-20-18(23)15-5-3-4-6-16(15)21-17(22)13-7-9-14(19)10-8-13/h3-10,12H,11H2,1-2H3,(H,20,23)(H,21,22). The average Bonchev–Trinajstić information content (AvgIpc) is 2.53. The molecule has 0 aliphatic carbocycles. The highest BCUT2D eigenvalue weighted by Gasteiger charge is 2.14. The molecule has 0 heterocycles. The predicted molar refractivity (Wildman–Crippen MR) is 95.7 cm³/mol. The lowest BCUT2D eigenvalue weighted by molar-refractivity contribution is 0.0950. The molecule has 0 atom stereocenters. The molecule has 120 valence electrons. The van der Waals surface area contributed by atoms with Gasteiger partial charge < -0.3 is 10.6 Å². The summed E-state index contributed by atoms with van der Waals surface area (Å²) >= 11 is 3.34. The number of rotatable bonds is 5. The Morgan fingerprint density at radius 1 is 1.00 bits per heavy atom. The second-order valence-corrected chi connectivity index (χ2v) is 6.53. The quantitative estimate of drug-likeness (QED) is 0.827. The van der Waals surface area contributed by atoms with Crippen molar-refractivity contribution in [3.63, 3.8) is 0 Å². The Balaban J connectivity index is 2.15. The molecular formula is C18H19BrN2O2. The van der Waals surface area contributed by atoms with Crippen molar-refractivity contribution in [2.75, 3.05) is 11.9 Å². The summed E-state index contributed by atoms with van der Waals surface area (Å²) in [5.74, 6) is -0.0736. The van der Waals surface area contributed by atoms with E-state index in [1.807, 2.05) is 13.8 Å². The van der Waals surface area contributed by atoms with Crippen molar-refractivity contribution in [3.05, 3.63) is 64.1 Å². The van der Waals surface area contributed by atoms with Crippen molar-refractivity contribution >= 4 is 33.4 Å². The molecule has 0 saturated carbocycles. The first kappa shape index (κ1) is 17.2. The lowest BCUT2D eigenvalue weighted by Crippen LogP contribution is -2.28. The van der Waals surface area contributed by atoms with Crippen LogP contribution in [0.25, 0.3) is 0 Å². The SMILES string of the molecule is CC(C)CNC(=O)c1ccccc1NC(=O)c1ccc(Br)cc1. The van der Waals surface area contributed by atoms with E-state index in [0.717, 1.165) is 4.47 Å². The van der Waals surface area contributed by atoms with E-state index in [1.54, 1.807) is 48.5 Å². The Morgan fingerprint density at radius 3 is 2.30 bits per heavy atom. The Bertz CT molecular complexity index is 696. The molecule has 0 aromatic heterocycles. The van der Waals surface area contributed by atoms with Crippen LogP contribution in [0.2, 0.25) is 0 Å². The van der Waals surface area contributed by atoms with Crippen molar-refractivity contribution in [2.24, 2.45) is 5.92 Å². The van der Waals surface area contributed by atoms with Crippen LogP contribution in [0.3, 0.4) is 0 Å². The van der Waals surface area contributed by atoms with Crippen molar-refractivity contribution in [1.82, 2.24) is 5.32 Å². The molecule has 0 spiro atoms. The first-order chi connectivity index (χ1) is 11.0. The molecule has 2 aromatic carbocycles. The molecule has 2 aromatic rings. The van der Waals surface area contributed by atoms with E-state index >= 15 is 0 Å². The second-order valence-electron chi connectivity index (χ2n) is 5.61. The van der Waals surface area contributed by atoms with Gasteiger partial charge in [0.2, 0.25) is 0 Å².